The van der Waals surface area contributed by atoms with Crippen molar-refractivity contribution >= 4 is 16.8 Å². The number of carbonyl (C=O) groups excluding carboxylic acids is 1. The van der Waals surface area contributed by atoms with Gasteiger partial charge in [0.15, 0.2) is 6.61 Å². The lowest BCUT2D eigenvalue weighted by atomic mass is 10.0. The van der Waals surface area contributed by atoms with Gasteiger partial charge in [0.2, 0.25) is 0 Å². The first-order chi connectivity index (χ1) is 12.1. The average molecular weight is 336 g/mol. The van der Waals surface area contributed by atoms with Gasteiger partial charge in [0, 0.05) is 17.1 Å². The van der Waals surface area contributed by atoms with Gasteiger partial charge in [-0.2, -0.15) is 0 Å². The van der Waals surface area contributed by atoms with Crippen LogP contribution in [0.1, 0.15) is 43.9 Å². The van der Waals surface area contributed by atoms with Crippen LogP contribution in [0.5, 0.6) is 5.75 Å². The van der Waals surface area contributed by atoms with Crippen molar-refractivity contribution in [3.63, 3.8) is 0 Å². The third kappa shape index (κ3) is 3.85. The fourth-order valence-electron chi connectivity index (χ4n) is 3.00. The Kier molecular flexibility index (Phi) is 5.08. The number of carbonyl (C=O) groups is 1. The molecule has 2 N–H and O–H groups in total. The van der Waals surface area contributed by atoms with Crippen molar-refractivity contribution < 1.29 is 9.53 Å². The summed E-state index contributed by atoms with van der Waals surface area (Å²) in [6.07, 6.45) is 2.01. The number of rotatable bonds is 6. The number of fused-ring (bicyclic) bond motifs is 1. The van der Waals surface area contributed by atoms with E-state index in [2.05, 4.69) is 24.1 Å². The van der Waals surface area contributed by atoms with Gasteiger partial charge in [-0.15, -0.1) is 0 Å². The topological polar surface area (TPSA) is 54.1 Å². The molecule has 4 heteroatoms. The highest BCUT2D eigenvalue weighted by atomic mass is 16.5. The molecule has 130 valence electrons. The first kappa shape index (κ1) is 17.1. The number of benzene rings is 2. The van der Waals surface area contributed by atoms with Gasteiger partial charge in [0.05, 0.1) is 6.04 Å². The van der Waals surface area contributed by atoms with Gasteiger partial charge < -0.3 is 15.0 Å². The van der Waals surface area contributed by atoms with E-state index in [4.69, 9.17) is 4.74 Å². The normalized spacial score (nSPS) is 12.3. The van der Waals surface area contributed by atoms with E-state index in [-0.39, 0.29) is 18.6 Å². The second-order valence-corrected chi connectivity index (χ2v) is 6.57. The molecule has 0 aliphatic heterocycles. The predicted octanol–water partition coefficient (Wildman–Crippen LogP) is 4.55. The summed E-state index contributed by atoms with van der Waals surface area (Å²) < 4.78 is 5.83. The molecular weight excluding hydrogens is 312 g/mol. The largest absolute Gasteiger partial charge is 0.483 e. The van der Waals surface area contributed by atoms with Crippen molar-refractivity contribution in [1.29, 1.82) is 0 Å². The van der Waals surface area contributed by atoms with E-state index in [1.54, 1.807) is 0 Å². The number of hydrogen-bond donors (Lipinski definition) is 2. The summed E-state index contributed by atoms with van der Waals surface area (Å²) in [5.41, 5.74) is 3.30. The van der Waals surface area contributed by atoms with Crippen LogP contribution in [0.15, 0.2) is 54.7 Å². The minimum atomic E-state index is -0.130. The van der Waals surface area contributed by atoms with Crippen LogP contribution in [-0.4, -0.2) is 17.5 Å². The Labute approximate surface area is 148 Å². The van der Waals surface area contributed by atoms with Gasteiger partial charge in [-0.3, -0.25) is 4.79 Å². The molecule has 1 heterocycles. The Balaban J connectivity index is 1.68. The number of aromatic nitrogens is 1. The molecule has 3 rings (SSSR count). The number of H-pyrrole nitrogens is 1. The fourth-order valence-corrected chi connectivity index (χ4v) is 3.00. The van der Waals surface area contributed by atoms with Crippen LogP contribution in [0.2, 0.25) is 0 Å². The zero-order valence-electron chi connectivity index (χ0n) is 14.9. The van der Waals surface area contributed by atoms with E-state index in [1.165, 1.54) is 5.56 Å². The minimum Gasteiger partial charge on any atom is -0.483 e. The molecule has 0 aliphatic rings. The Morgan fingerprint density at radius 1 is 1.08 bits per heavy atom. The molecule has 0 unspecified atom stereocenters. The minimum absolute atomic E-state index is 0.000990. The average Bonchev–Trinajstić information content (AvgIpc) is 3.05. The van der Waals surface area contributed by atoms with Crippen molar-refractivity contribution in [3.05, 3.63) is 65.9 Å². The molecule has 3 aromatic rings. The molecule has 0 fully saturated rings. The standard InChI is InChI=1S/C21H24N2O2/c1-14(2)17-12-22-18-10-7-11-19(21(17)18)25-13-20(24)23-15(3)16-8-5-4-6-9-16/h4-12,14-15,22H,13H2,1-3H3,(H,23,24)/t15-/m0/s1. The van der Waals surface area contributed by atoms with Gasteiger partial charge in [0.1, 0.15) is 5.75 Å². The van der Waals surface area contributed by atoms with E-state index in [9.17, 15) is 4.79 Å². The molecule has 1 atom stereocenters. The molecule has 0 saturated carbocycles. The Bertz CT molecular complexity index is 853. The smallest absolute Gasteiger partial charge is 0.258 e. The summed E-state index contributed by atoms with van der Waals surface area (Å²) in [6.45, 7) is 6.26. The van der Waals surface area contributed by atoms with Crippen molar-refractivity contribution in [1.82, 2.24) is 10.3 Å². The van der Waals surface area contributed by atoms with Crippen molar-refractivity contribution in [2.24, 2.45) is 0 Å². The number of nitrogens with one attached hydrogen (secondary N) is 2. The fraction of sp³-hybridized carbons (Fsp3) is 0.286. The summed E-state index contributed by atoms with van der Waals surface area (Å²) in [6, 6.07) is 15.7. The zero-order chi connectivity index (χ0) is 17.8. The van der Waals surface area contributed by atoms with Crippen LogP contribution in [0.4, 0.5) is 0 Å². The molecular formula is C21H24N2O2. The molecule has 1 aromatic heterocycles. The van der Waals surface area contributed by atoms with Crippen LogP contribution in [0.3, 0.4) is 0 Å². The van der Waals surface area contributed by atoms with Gasteiger partial charge in [-0.25, -0.2) is 0 Å². The lowest BCUT2D eigenvalue weighted by Crippen LogP contribution is -2.31. The molecule has 4 nitrogen and oxygen atoms in total. The molecule has 0 saturated heterocycles. The lowest BCUT2D eigenvalue weighted by molar-refractivity contribution is -0.123. The van der Waals surface area contributed by atoms with Gasteiger partial charge >= 0.3 is 0 Å². The molecule has 0 bridgehead atoms. The first-order valence-corrected chi connectivity index (χ1v) is 8.63. The molecule has 0 aliphatic carbocycles. The zero-order valence-corrected chi connectivity index (χ0v) is 14.9. The monoisotopic (exact) mass is 336 g/mol. The van der Waals surface area contributed by atoms with E-state index in [1.807, 2.05) is 61.7 Å². The quantitative estimate of drug-likeness (QED) is 0.694. The summed E-state index contributed by atoms with van der Waals surface area (Å²) in [4.78, 5) is 15.5. The Morgan fingerprint density at radius 2 is 1.84 bits per heavy atom. The van der Waals surface area contributed by atoms with E-state index >= 15 is 0 Å². The Morgan fingerprint density at radius 3 is 2.56 bits per heavy atom. The van der Waals surface area contributed by atoms with E-state index in [0.29, 0.717) is 5.92 Å². The van der Waals surface area contributed by atoms with Crippen LogP contribution < -0.4 is 10.1 Å². The van der Waals surface area contributed by atoms with Crippen molar-refractivity contribution in [2.45, 2.75) is 32.7 Å². The predicted molar refractivity (Wildman–Crippen MR) is 101 cm³/mol. The van der Waals surface area contributed by atoms with Crippen LogP contribution in [-0.2, 0) is 4.79 Å². The van der Waals surface area contributed by atoms with Crippen molar-refractivity contribution in [3.8, 4) is 5.75 Å². The maximum absolute atomic E-state index is 12.2. The highest BCUT2D eigenvalue weighted by Crippen LogP contribution is 2.32. The van der Waals surface area contributed by atoms with Crippen LogP contribution in [0.25, 0.3) is 10.9 Å². The second kappa shape index (κ2) is 7.43. The number of ether oxygens (including phenoxy) is 1. The molecule has 2 aromatic carbocycles. The number of amides is 1. The molecule has 25 heavy (non-hydrogen) atoms. The van der Waals surface area contributed by atoms with Crippen LogP contribution in [0, 0.1) is 0 Å². The SMILES string of the molecule is CC(C)c1c[nH]c2cccc(OCC(=O)N[C@@H](C)c3ccccc3)c12. The highest BCUT2D eigenvalue weighted by Gasteiger charge is 2.14. The third-order valence-corrected chi connectivity index (χ3v) is 4.36. The molecule has 0 radical (unpaired) electrons. The Hall–Kier alpha value is -2.75. The summed E-state index contributed by atoms with van der Waals surface area (Å²) in [5.74, 6) is 0.991. The van der Waals surface area contributed by atoms with Gasteiger partial charge in [0.25, 0.3) is 5.91 Å². The third-order valence-electron chi connectivity index (χ3n) is 4.36. The van der Waals surface area contributed by atoms with Gasteiger partial charge in [-0.05, 0) is 36.1 Å². The highest BCUT2D eigenvalue weighted by molar-refractivity contribution is 5.90. The molecule has 1 amide bonds. The number of aromatic amines is 1. The van der Waals surface area contributed by atoms with Crippen LogP contribution >= 0.6 is 0 Å². The summed E-state index contributed by atoms with van der Waals surface area (Å²) in [7, 11) is 0. The van der Waals surface area contributed by atoms with Crippen molar-refractivity contribution in [2.75, 3.05) is 6.61 Å². The van der Waals surface area contributed by atoms with E-state index in [0.717, 1.165) is 22.2 Å². The maximum Gasteiger partial charge on any atom is 0.258 e. The first-order valence-electron chi connectivity index (χ1n) is 8.63. The lowest BCUT2D eigenvalue weighted by Gasteiger charge is -2.15. The number of hydrogen-bond acceptors (Lipinski definition) is 2. The summed E-state index contributed by atoms with van der Waals surface area (Å²) in [5, 5.41) is 4.03. The van der Waals surface area contributed by atoms with E-state index < -0.39 is 0 Å². The second-order valence-electron chi connectivity index (χ2n) is 6.57. The maximum atomic E-state index is 12.2. The van der Waals surface area contributed by atoms with Gasteiger partial charge in [-0.1, -0.05) is 50.2 Å². The summed E-state index contributed by atoms with van der Waals surface area (Å²) >= 11 is 0. The molecule has 0 spiro atoms.